The Morgan fingerprint density at radius 1 is 1.47 bits per heavy atom. The number of hydrogen-bond acceptors (Lipinski definition) is 9. The first kappa shape index (κ1) is 19.9. The number of aromatic amines is 1. The van der Waals surface area contributed by atoms with E-state index in [2.05, 4.69) is 4.98 Å². The maximum absolute atomic E-state index is 15.3. The molecule has 3 heterocycles. The van der Waals surface area contributed by atoms with Crippen LogP contribution in [-0.2, 0) is 25.0 Å². The van der Waals surface area contributed by atoms with Gasteiger partial charge >= 0.3 is 7.82 Å². The van der Waals surface area contributed by atoms with E-state index in [-0.39, 0.29) is 22.7 Å². The number of benzene rings is 1. The van der Waals surface area contributed by atoms with Crippen molar-refractivity contribution in [1.29, 1.82) is 0 Å². The third-order valence-electron chi connectivity index (χ3n) is 4.36. The Labute approximate surface area is 173 Å². The van der Waals surface area contributed by atoms with Gasteiger partial charge in [-0.25, -0.2) is 13.3 Å². The van der Waals surface area contributed by atoms with E-state index in [4.69, 9.17) is 31.9 Å². The van der Waals surface area contributed by atoms with Crippen molar-refractivity contribution >= 4 is 20.0 Å². The van der Waals surface area contributed by atoms with Gasteiger partial charge in [0, 0.05) is 17.8 Å². The molecule has 1 saturated heterocycles. The molecule has 5 atom stereocenters. The lowest BCUT2D eigenvalue weighted by Gasteiger charge is -2.28. The molecule has 0 aliphatic carbocycles. The average Bonchev–Trinajstić information content (AvgIpc) is 2.88. The van der Waals surface area contributed by atoms with Crippen LogP contribution in [0.4, 0.5) is 8.78 Å². The standard InChI is InChI=1S/C16H15F2N2O8PS/c17-9-1-2-10-8(5-9)6-25-29(24,28-10)26-7-16(18)13(23)12(22)14(27-16)20-4-3-11(21)19-15(20)30/h1-5,12-14,22-23H,6-7H2,(H,19,21,30)/t12-,13+,14-,16-,29?/m1/s1/i14D. The van der Waals surface area contributed by atoms with Crippen molar-refractivity contribution in [2.75, 3.05) is 6.61 Å². The number of rotatable bonds is 4. The largest absolute Gasteiger partial charge is 0.530 e. The van der Waals surface area contributed by atoms with Gasteiger partial charge < -0.3 is 19.5 Å². The number of aliphatic hydroxyl groups excluding tert-OH is 2. The molecule has 2 aliphatic rings. The van der Waals surface area contributed by atoms with Crippen LogP contribution in [0.15, 0.2) is 35.3 Å². The van der Waals surface area contributed by atoms with Crippen molar-refractivity contribution in [3.05, 3.63) is 57.0 Å². The summed E-state index contributed by atoms with van der Waals surface area (Å²) >= 11 is 4.90. The third kappa shape index (κ3) is 3.85. The fourth-order valence-corrected chi connectivity index (χ4v) is 4.32. The summed E-state index contributed by atoms with van der Waals surface area (Å²) in [6, 6.07) is 4.28. The first-order valence-corrected chi connectivity index (χ1v) is 10.3. The summed E-state index contributed by atoms with van der Waals surface area (Å²) in [7, 11) is -4.40. The van der Waals surface area contributed by atoms with E-state index in [0.29, 0.717) is 0 Å². The van der Waals surface area contributed by atoms with Gasteiger partial charge in [-0.2, -0.15) is 0 Å². The van der Waals surface area contributed by atoms with Crippen molar-refractivity contribution in [3.8, 4) is 5.75 Å². The highest BCUT2D eigenvalue weighted by atomic mass is 32.1. The first-order valence-electron chi connectivity index (χ1n) is 8.91. The molecule has 0 spiro atoms. The monoisotopic (exact) mass is 465 g/mol. The number of phosphoric acid groups is 1. The predicted octanol–water partition coefficient (Wildman–Crippen LogP) is 1.70. The minimum atomic E-state index is -4.40. The normalized spacial score (nSPS) is 36.1. The number of nitrogens with one attached hydrogen (secondary N) is 1. The molecule has 0 bridgehead atoms. The topological polar surface area (TPSA) is 132 Å². The minimum Gasteiger partial charge on any atom is -0.404 e. The Balaban J connectivity index is 1.55. The van der Waals surface area contributed by atoms with Gasteiger partial charge in [0.05, 0.1) is 7.98 Å². The molecule has 0 saturated carbocycles. The number of H-pyrrole nitrogens is 1. The SMILES string of the molecule is [2H][C@@]1(n2ccc(=O)[nH]c2=S)O[C@](F)(COP2(=O)OCc3cc(F)ccc3O2)[C@@H](O)[C@H]1O. The molecule has 1 aromatic heterocycles. The van der Waals surface area contributed by atoms with E-state index < -0.39 is 50.1 Å². The van der Waals surface area contributed by atoms with Gasteiger partial charge in [0.25, 0.3) is 11.4 Å². The van der Waals surface area contributed by atoms with E-state index in [1.54, 1.807) is 0 Å². The highest BCUT2D eigenvalue weighted by molar-refractivity contribution is 7.71. The lowest BCUT2D eigenvalue weighted by molar-refractivity contribution is -0.205. The molecule has 1 fully saturated rings. The number of hydrogen-bond donors (Lipinski definition) is 3. The Bertz CT molecular complexity index is 1200. The van der Waals surface area contributed by atoms with Crippen molar-refractivity contribution in [2.24, 2.45) is 0 Å². The quantitative estimate of drug-likeness (QED) is 0.456. The van der Waals surface area contributed by atoms with E-state index in [1.165, 1.54) is 6.07 Å². The molecular formula is C16H15F2N2O8PS. The number of alkyl halides is 1. The van der Waals surface area contributed by atoms with E-state index in [9.17, 15) is 24.0 Å². The van der Waals surface area contributed by atoms with Crippen LogP contribution in [0.25, 0.3) is 0 Å². The molecule has 4 rings (SSSR count). The molecule has 30 heavy (non-hydrogen) atoms. The van der Waals surface area contributed by atoms with Crippen LogP contribution >= 0.6 is 20.0 Å². The van der Waals surface area contributed by atoms with Gasteiger partial charge in [-0.1, -0.05) is 0 Å². The molecule has 0 amide bonds. The summed E-state index contributed by atoms with van der Waals surface area (Å²) in [6.07, 6.45) is -6.23. The van der Waals surface area contributed by atoms with E-state index in [0.717, 1.165) is 29.0 Å². The van der Waals surface area contributed by atoms with E-state index >= 15 is 4.39 Å². The molecule has 3 N–H and O–H groups in total. The van der Waals surface area contributed by atoms with Gasteiger partial charge in [-0.15, -0.1) is 0 Å². The molecule has 0 radical (unpaired) electrons. The van der Waals surface area contributed by atoms with Crippen LogP contribution in [-0.4, -0.2) is 44.4 Å². The first-order chi connectivity index (χ1) is 14.5. The number of halogens is 2. The Hall–Kier alpha value is -1.99. The summed E-state index contributed by atoms with van der Waals surface area (Å²) in [5, 5.41) is 20.5. The van der Waals surface area contributed by atoms with Crippen LogP contribution in [0.3, 0.4) is 0 Å². The molecule has 2 aliphatic heterocycles. The van der Waals surface area contributed by atoms with Gasteiger partial charge in [0.15, 0.2) is 11.0 Å². The number of ether oxygens (including phenoxy) is 1. The summed E-state index contributed by atoms with van der Waals surface area (Å²) in [5.74, 6) is -3.82. The number of fused-ring (bicyclic) bond motifs is 1. The third-order valence-corrected chi connectivity index (χ3v) is 5.97. The fraction of sp³-hybridized carbons (Fsp3) is 0.375. The second-order valence-electron chi connectivity index (χ2n) is 6.43. The zero-order valence-corrected chi connectivity index (χ0v) is 16.6. The summed E-state index contributed by atoms with van der Waals surface area (Å²) in [5.41, 5.74) is -0.368. The average molecular weight is 465 g/mol. The zero-order chi connectivity index (χ0) is 22.6. The van der Waals surface area contributed by atoms with Crippen LogP contribution in [0.5, 0.6) is 5.75 Å². The minimum absolute atomic E-state index is 0.00815. The van der Waals surface area contributed by atoms with Crippen LogP contribution in [0.1, 0.15) is 13.1 Å². The lowest BCUT2D eigenvalue weighted by Crippen LogP contribution is -2.43. The van der Waals surface area contributed by atoms with Crippen molar-refractivity contribution in [2.45, 2.75) is 30.9 Å². The Kier molecular flexibility index (Phi) is 5.06. The summed E-state index contributed by atoms with van der Waals surface area (Å²) in [4.78, 5) is 13.5. The fourth-order valence-electron chi connectivity index (χ4n) is 2.84. The highest BCUT2D eigenvalue weighted by Gasteiger charge is 2.57. The van der Waals surface area contributed by atoms with E-state index in [1.807, 2.05) is 0 Å². The molecular weight excluding hydrogens is 449 g/mol. The predicted molar refractivity (Wildman–Crippen MR) is 97.2 cm³/mol. The number of aliphatic hydroxyl groups is 2. The van der Waals surface area contributed by atoms with Crippen LogP contribution in [0.2, 0.25) is 0 Å². The maximum Gasteiger partial charge on any atom is 0.530 e. The summed E-state index contributed by atoms with van der Waals surface area (Å²) < 4.78 is 69.8. The molecule has 10 nitrogen and oxygen atoms in total. The Morgan fingerprint density at radius 2 is 2.23 bits per heavy atom. The lowest BCUT2D eigenvalue weighted by atomic mass is 10.1. The maximum atomic E-state index is 15.3. The molecule has 2 aromatic rings. The van der Waals surface area contributed by atoms with Gasteiger partial charge in [-0.3, -0.25) is 23.4 Å². The molecule has 1 aromatic carbocycles. The van der Waals surface area contributed by atoms with Gasteiger partial charge in [0.1, 0.15) is 30.4 Å². The van der Waals surface area contributed by atoms with Crippen LogP contribution in [0, 0.1) is 10.6 Å². The van der Waals surface area contributed by atoms with Crippen molar-refractivity contribution in [1.82, 2.24) is 9.55 Å². The molecule has 1 unspecified atom stereocenters. The van der Waals surface area contributed by atoms with Crippen molar-refractivity contribution < 1.29 is 43.2 Å². The van der Waals surface area contributed by atoms with Crippen molar-refractivity contribution in [3.63, 3.8) is 0 Å². The second kappa shape index (κ2) is 7.61. The number of aromatic nitrogens is 2. The molecule has 162 valence electrons. The summed E-state index contributed by atoms with van der Waals surface area (Å²) in [6.45, 7) is -1.62. The molecule has 14 heteroatoms. The van der Waals surface area contributed by atoms with Gasteiger partial charge in [0.2, 0.25) is 0 Å². The van der Waals surface area contributed by atoms with Crippen LogP contribution < -0.4 is 10.1 Å². The highest BCUT2D eigenvalue weighted by Crippen LogP contribution is 2.55. The smallest absolute Gasteiger partial charge is 0.404 e. The van der Waals surface area contributed by atoms with Gasteiger partial charge in [-0.05, 0) is 30.4 Å². The zero-order valence-electron chi connectivity index (χ0n) is 15.9. The number of phosphoric ester groups is 1. The number of nitrogens with zero attached hydrogens (tertiary/aromatic N) is 1. The second-order valence-corrected chi connectivity index (χ2v) is 8.41. The Morgan fingerprint density at radius 3 is 2.97 bits per heavy atom.